The van der Waals surface area contributed by atoms with Gasteiger partial charge in [-0.15, -0.1) is 5.10 Å². The molecule has 1 heterocycles. The molecular weight excluding hydrogens is 332 g/mol. The van der Waals surface area contributed by atoms with Gasteiger partial charge in [-0.25, -0.2) is 5.10 Å². The number of unbranched alkanes of at least 4 members (excludes halogenated alkanes) is 9. The quantitative estimate of drug-likeness (QED) is 0.318. The molecule has 0 atom stereocenters. The topological polar surface area (TPSA) is 51.0 Å². The number of ether oxygens (including phenoxy) is 1. The SMILES string of the molecule is CCCCCCCCCCCCOc1ccc(-c2n[nH]c(=S)o2)cc1. The molecule has 0 spiro atoms. The van der Waals surface area contributed by atoms with Crippen molar-refractivity contribution in [2.75, 3.05) is 6.61 Å². The van der Waals surface area contributed by atoms with Gasteiger partial charge in [-0.05, 0) is 42.9 Å². The summed E-state index contributed by atoms with van der Waals surface area (Å²) in [5.74, 6) is 1.39. The van der Waals surface area contributed by atoms with Gasteiger partial charge in [-0.3, -0.25) is 0 Å². The molecule has 2 aromatic rings. The van der Waals surface area contributed by atoms with Crippen molar-refractivity contribution in [2.45, 2.75) is 71.1 Å². The maximum atomic E-state index is 5.79. The fourth-order valence-corrected chi connectivity index (χ4v) is 2.95. The van der Waals surface area contributed by atoms with E-state index in [2.05, 4.69) is 17.1 Å². The Bertz CT molecular complexity index is 634. The van der Waals surface area contributed by atoms with E-state index in [1.165, 1.54) is 57.8 Å². The highest BCUT2D eigenvalue weighted by atomic mass is 32.1. The van der Waals surface area contributed by atoms with Gasteiger partial charge in [0, 0.05) is 5.56 Å². The maximum absolute atomic E-state index is 5.79. The molecule has 0 amide bonds. The van der Waals surface area contributed by atoms with E-state index in [0.717, 1.165) is 24.3 Å². The lowest BCUT2D eigenvalue weighted by Gasteiger charge is -2.06. The highest BCUT2D eigenvalue weighted by molar-refractivity contribution is 7.71. The van der Waals surface area contributed by atoms with Crippen molar-refractivity contribution in [3.63, 3.8) is 0 Å². The Balaban J connectivity index is 1.51. The summed E-state index contributed by atoms with van der Waals surface area (Å²) in [6.45, 7) is 3.04. The van der Waals surface area contributed by atoms with Gasteiger partial charge in [0.05, 0.1) is 6.61 Å². The first-order chi connectivity index (χ1) is 12.3. The predicted octanol–water partition coefficient (Wildman–Crippen LogP) is 6.70. The molecule has 1 N–H and O–H groups in total. The summed E-state index contributed by atoms with van der Waals surface area (Å²) < 4.78 is 11.1. The van der Waals surface area contributed by atoms with E-state index in [4.69, 9.17) is 21.4 Å². The van der Waals surface area contributed by atoms with Crippen molar-refractivity contribution in [3.8, 4) is 17.2 Å². The predicted molar refractivity (Wildman–Crippen MR) is 104 cm³/mol. The third-order valence-corrected chi connectivity index (χ3v) is 4.48. The van der Waals surface area contributed by atoms with Crippen LogP contribution in [0, 0.1) is 4.84 Å². The molecule has 0 saturated carbocycles. The van der Waals surface area contributed by atoms with Crippen LogP contribution in [0.5, 0.6) is 5.75 Å². The summed E-state index contributed by atoms with van der Waals surface area (Å²) >= 11 is 4.88. The van der Waals surface area contributed by atoms with Crippen molar-refractivity contribution in [1.29, 1.82) is 0 Å². The first kappa shape index (κ1) is 19.7. The van der Waals surface area contributed by atoms with E-state index < -0.39 is 0 Å². The zero-order chi connectivity index (χ0) is 17.7. The van der Waals surface area contributed by atoms with E-state index in [1.54, 1.807) is 0 Å². The minimum Gasteiger partial charge on any atom is -0.494 e. The van der Waals surface area contributed by atoms with Crippen LogP contribution in [0.2, 0.25) is 0 Å². The molecule has 0 radical (unpaired) electrons. The van der Waals surface area contributed by atoms with Gasteiger partial charge in [-0.1, -0.05) is 64.7 Å². The van der Waals surface area contributed by atoms with Crippen molar-refractivity contribution in [3.05, 3.63) is 29.1 Å². The van der Waals surface area contributed by atoms with Crippen LogP contribution in [-0.4, -0.2) is 16.8 Å². The van der Waals surface area contributed by atoms with Crippen LogP contribution in [0.4, 0.5) is 0 Å². The molecule has 4 nitrogen and oxygen atoms in total. The Morgan fingerprint density at radius 1 is 0.920 bits per heavy atom. The summed E-state index contributed by atoms with van der Waals surface area (Å²) in [5.41, 5.74) is 0.888. The van der Waals surface area contributed by atoms with E-state index in [0.29, 0.717) is 5.89 Å². The highest BCUT2D eigenvalue weighted by Gasteiger charge is 2.04. The zero-order valence-corrected chi connectivity index (χ0v) is 16.1. The second kappa shape index (κ2) is 11.9. The van der Waals surface area contributed by atoms with E-state index >= 15 is 0 Å². The third kappa shape index (κ3) is 7.86. The molecule has 0 aliphatic heterocycles. The van der Waals surface area contributed by atoms with Gasteiger partial charge in [0.1, 0.15) is 5.75 Å². The monoisotopic (exact) mass is 362 g/mol. The lowest BCUT2D eigenvalue weighted by molar-refractivity contribution is 0.304. The summed E-state index contributed by atoms with van der Waals surface area (Å²) in [6.07, 6.45) is 13.4. The standard InChI is InChI=1S/C20H30N2O2S/c1-2-3-4-5-6-7-8-9-10-11-16-23-18-14-12-17(13-15-18)19-21-22-20(25)24-19/h12-15H,2-11,16H2,1H3,(H,22,25). The van der Waals surface area contributed by atoms with Gasteiger partial charge >= 0.3 is 0 Å². The first-order valence-electron chi connectivity index (χ1n) is 9.58. The normalized spacial score (nSPS) is 10.9. The Kier molecular flexibility index (Phi) is 9.34. The van der Waals surface area contributed by atoms with Gasteiger partial charge in [0.15, 0.2) is 0 Å². The number of aromatic nitrogens is 2. The Labute approximate surface area is 156 Å². The second-order valence-corrected chi connectivity index (χ2v) is 6.84. The van der Waals surface area contributed by atoms with Crippen LogP contribution in [0.15, 0.2) is 28.7 Å². The molecule has 5 heteroatoms. The fourth-order valence-electron chi connectivity index (χ4n) is 2.83. The van der Waals surface area contributed by atoms with Gasteiger partial charge in [0.2, 0.25) is 5.89 Å². The average molecular weight is 363 g/mol. The van der Waals surface area contributed by atoms with Crippen molar-refractivity contribution >= 4 is 12.2 Å². The van der Waals surface area contributed by atoms with E-state index in [-0.39, 0.29) is 4.84 Å². The molecule has 0 aliphatic carbocycles. The van der Waals surface area contributed by atoms with E-state index in [1.807, 2.05) is 24.3 Å². The summed E-state index contributed by atoms with van der Waals surface area (Å²) in [7, 11) is 0. The smallest absolute Gasteiger partial charge is 0.284 e. The molecule has 0 unspecified atom stereocenters. The second-order valence-electron chi connectivity index (χ2n) is 6.47. The lowest BCUT2D eigenvalue weighted by atomic mass is 10.1. The first-order valence-corrected chi connectivity index (χ1v) is 9.99. The molecular formula is C20H30N2O2S. The Morgan fingerprint density at radius 3 is 2.08 bits per heavy atom. The van der Waals surface area contributed by atoms with Gasteiger partial charge < -0.3 is 9.15 Å². The maximum Gasteiger partial charge on any atom is 0.284 e. The number of benzene rings is 1. The van der Waals surface area contributed by atoms with E-state index in [9.17, 15) is 0 Å². The molecule has 0 bridgehead atoms. The summed E-state index contributed by atoms with van der Waals surface area (Å²) in [4.78, 5) is 0.288. The zero-order valence-electron chi connectivity index (χ0n) is 15.3. The molecule has 1 aromatic heterocycles. The molecule has 25 heavy (non-hydrogen) atoms. The number of aromatic amines is 1. The summed E-state index contributed by atoms with van der Waals surface area (Å²) in [5, 5.41) is 6.63. The lowest BCUT2D eigenvalue weighted by Crippen LogP contribution is -1.97. The molecule has 0 fully saturated rings. The van der Waals surface area contributed by atoms with Crippen molar-refractivity contribution in [1.82, 2.24) is 10.2 Å². The highest BCUT2D eigenvalue weighted by Crippen LogP contribution is 2.21. The minimum absolute atomic E-state index is 0.288. The number of hydrogen-bond donors (Lipinski definition) is 1. The van der Waals surface area contributed by atoms with Crippen molar-refractivity contribution < 1.29 is 9.15 Å². The number of rotatable bonds is 13. The average Bonchev–Trinajstić information content (AvgIpc) is 3.06. The number of H-pyrrole nitrogens is 1. The van der Waals surface area contributed by atoms with Crippen LogP contribution in [0.25, 0.3) is 11.5 Å². The van der Waals surface area contributed by atoms with Crippen LogP contribution in [0.3, 0.4) is 0 Å². The van der Waals surface area contributed by atoms with Crippen molar-refractivity contribution in [2.24, 2.45) is 0 Å². The molecule has 2 rings (SSSR count). The van der Waals surface area contributed by atoms with Crippen LogP contribution < -0.4 is 4.74 Å². The molecule has 0 aliphatic rings. The largest absolute Gasteiger partial charge is 0.494 e. The number of hydrogen-bond acceptors (Lipinski definition) is 4. The van der Waals surface area contributed by atoms with Crippen LogP contribution in [0.1, 0.15) is 71.1 Å². The van der Waals surface area contributed by atoms with Gasteiger partial charge in [0.25, 0.3) is 4.84 Å². The molecule has 138 valence electrons. The van der Waals surface area contributed by atoms with Crippen LogP contribution in [-0.2, 0) is 0 Å². The van der Waals surface area contributed by atoms with Crippen LogP contribution >= 0.6 is 12.2 Å². The number of nitrogens with one attached hydrogen (secondary N) is 1. The van der Waals surface area contributed by atoms with Gasteiger partial charge in [-0.2, -0.15) is 0 Å². The third-order valence-electron chi connectivity index (χ3n) is 4.31. The number of nitrogens with zero attached hydrogens (tertiary/aromatic N) is 1. The molecule has 0 saturated heterocycles. The minimum atomic E-state index is 0.288. The Morgan fingerprint density at radius 2 is 1.52 bits per heavy atom. The Hall–Kier alpha value is -1.62. The molecule has 1 aromatic carbocycles. The fraction of sp³-hybridized carbons (Fsp3) is 0.600. The summed E-state index contributed by atoms with van der Waals surface area (Å²) in [6, 6.07) is 7.75.